The van der Waals surface area contributed by atoms with E-state index in [-0.39, 0.29) is 11.9 Å². The largest absolute Gasteiger partial charge is 0.308 e. The summed E-state index contributed by atoms with van der Waals surface area (Å²) < 4.78 is 15.9. The Bertz CT molecular complexity index is 524. The molecule has 0 fully saturated rings. The number of rotatable bonds is 3. The Morgan fingerprint density at radius 3 is 2.76 bits per heavy atom. The Labute approximate surface area is 108 Å². The average molecular weight is 298 g/mol. The van der Waals surface area contributed by atoms with Crippen LogP contribution in [0.1, 0.15) is 17.3 Å². The predicted molar refractivity (Wildman–Crippen MR) is 68.2 cm³/mol. The molecule has 0 aliphatic rings. The van der Waals surface area contributed by atoms with Gasteiger partial charge < -0.3 is 5.32 Å². The van der Waals surface area contributed by atoms with E-state index in [0.29, 0.717) is 0 Å². The van der Waals surface area contributed by atoms with Crippen LogP contribution in [0.5, 0.6) is 0 Å². The summed E-state index contributed by atoms with van der Waals surface area (Å²) in [7, 11) is 3.69. The van der Waals surface area contributed by atoms with E-state index in [0.717, 1.165) is 15.7 Å². The van der Waals surface area contributed by atoms with Gasteiger partial charge in [-0.1, -0.05) is 15.9 Å². The van der Waals surface area contributed by atoms with Crippen LogP contribution in [0, 0.1) is 5.82 Å². The second kappa shape index (κ2) is 4.98. The van der Waals surface area contributed by atoms with Crippen molar-refractivity contribution in [3.8, 4) is 0 Å². The Kier molecular flexibility index (Phi) is 3.59. The van der Waals surface area contributed by atoms with E-state index in [2.05, 4.69) is 26.3 Å². The number of aromatic nitrogens is 2. The lowest BCUT2D eigenvalue weighted by Crippen LogP contribution is -2.19. The van der Waals surface area contributed by atoms with Gasteiger partial charge in [0.25, 0.3) is 0 Å². The fourth-order valence-electron chi connectivity index (χ4n) is 1.79. The van der Waals surface area contributed by atoms with Gasteiger partial charge in [-0.05, 0) is 36.9 Å². The van der Waals surface area contributed by atoms with Gasteiger partial charge in [0.15, 0.2) is 0 Å². The topological polar surface area (TPSA) is 29.9 Å². The van der Waals surface area contributed by atoms with Crippen LogP contribution in [-0.4, -0.2) is 16.8 Å². The lowest BCUT2D eigenvalue weighted by atomic mass is 10.0. The molecule has 1 aromatic heterocycles. The molecule has 90 valence electrons. The summed E-state index contributed by atoms with van der Waals surface area (Å²) in [5.41, 5.74) is 1.70. The number of benzene rings is 1. The van der Waals surface area contributed by atoms with Crippen molar-refractivity contribution in [1.82, 2.24) is 15.1 Å². The number of nitrogens with one attached hydrogen (secondary N) is 1. The summed E-state index contributed by atoms with van der Waals surface area (Å²) in [6, 6.07) is 6.44. The highest BCUT2D eigenvalue weighted by Crippen LogP contribution is 2.28. The molecule has 1 unspecified atom stereocenters. The van der Waals surface area contributed by atoms with E-state index in [1.165, 1.54) is 12.1 Å². The van der Waals surface area contributed by atoms with Gasteiger partial charge >= 0.3 is 0 Å². The standard InChI is InChI=1S/C12H13BrFN3/c1-15-12(11-5-6-17(2)16-11)9-7-8(14)3-4-10(9)13/h3-7,12,15H,1-2H3. The molecule has 1 atom stereocenters. The molecule has 1 aromatic carbocycles. The maximum Gasteiger partial charge on any atom is 0.123 e. The molecule has 3 nitrogen and oxygen atoms in total. The maximum atomic E-state index is 13.3. The highest BCUT2D eigenvalue weighted by atomic mass is 79.9. The fraction of sp³-hybridized carbons (Fsp3) is 0.250. The quantitative estimate of drug-likeness (QED) is 0.944. The van der Waals surface area contributed by atoms with Crippen molar-refractivity contribution in [2.45, 2.75) is 6.04 Å². The molecule has 0 amide bonds. The van der Waals surface area contributed by atoms with Crippen LogP contribution in [0.4, 0.5) is 4.39 Å². The molecule has 0 saturated carbocycles. The number of hydrogen-bond donors (Lipinski definition) is 1. The molecule has 17 heavy (non-hydrogen) atoms. The highest BCUT2D eigenvalue weighted by Gasteiger charge is 2.17. The highest BCUT2D eigenvalue weighted by molar-refractivity contribution is 9.10. The van der Waals surface area contributed by atoms with Gasteiger partial charge in [0.1, 0.15) is 5.82 Å². The summed E-state index contributed by atoms with van der Waals surface area (Å²) in [6.07, 6.45) is 1.87. The van der Waals surface area contributed by atoms with Gasteiger partial charge in [0.2, 0.25) is 0 Å². The van der Waals surface area contributed by atoms with Gasteiger partial charge in [-0.25, -0.2) is 4.39 Å². The Morgan fingerprint density at radius 1 is 1.41 bits per heavy atom. The maximum absolute atomic E-state index is 13.3. The van der Waals surface area contributed by atoms with Crippen LogP contribution in [0.25, 0.3) is 0 Å². The van der Waals surface area contributed by atoms with Gasteiger partial charge in [-0.2, -0.15) is 5.10 Å². The van der Waals surface area contributed by atoms with E-state index >= 15 is 0 Å². The molecular formula is C12H13BrFN3. The normalized spacial score (nSPS) is 12.7. The third-order valence-corrected chi connectivity index (χ3v) is 3.31. The monoisotopic (exact) mass is 297 g/mol. The Balaban J connectivity index is 2.45. The molecule has 2 aromatic rings. The first-order chi connectivity index (χ1) is 8.11. The summed E-state index contributed by atoms with van der Waals surface area (Å²) in [4.78, 5) is 0. The molecule has 0 saturated heterocycles. The SMILES string of the molecule is CNC(c1ccn(C)n1)c1cc(F)ccc1Br. The molecule has 5 heteroatoms. The minimum atomic E-state index is -0.251. The molecular weight excluding hydrogens is 285 g/mol. The van der Waals surface area contributed by atoms with Crippen LogP contribution in [0.15, 0.2) is 34.9 Å². The van der Waals surface area contributed by atoms with Gasteiger partial charge in [-0.15, -0.1) is 0 Å². The lowest BCUT2D eigenvalue weighted by Gasteiger charge is -2.16. The first-order valence-electron chi connectivity index (χ1n) is 5.23. The molecule has 1 heterocycles. The smallest absolute Gasteiger partial charge is 0.123 e. The first-order valence-corrected chi connectivity index (χ1v) is 6.03. The zero-order valence-electron chi connectivity index (χ0n) is 9.61. The molecule has 0 bridgehead atoms. The fourth-order valence-corrected chi connectivity index (χ4v) is 2.26. The second-order valence-corrected chi connectivity index (χ2v) is 4.66. The second-order valence-electron chi connectivity index (χ2n) is 3.80. The molecule has 1 N–H and O–H groups in total. The van der Waals surface area contributed by atoms with Crippen LogP contribution in [0.2, 0.25) is 0 Å². The zero-order chi connectivity index (χ0) is 12.4. The lowest BCUT2D eigenvalue weighted by molar-refractivity contribution is 0.607. The van der Waals surface area contributed by atoms with Crippen LogP contribution in [0.3, 0.4) is 0 Å². The number of nitrogens with zero attached hydrogens (tertiary/aromatic N) is 2. The minimum absolute atomic E-state index is 0.124. The van der Waals surface area contributed by atoms with E-state index < -0.39 is 0 Å². The molecule has 0 aliphatic heterocycles. The number of aryl methyl sites for hydroxylation is 1. The van der Waals surface area contributed by atoms with Gasteiger partial charge in [0, 0.05) is 17.7 Å². The van der Waals surface area contributed by atoms with E-state index in [4.69, 9.17) is 0 Å². The van der Waals surface area contributed by atoms with Crippen molar-refractivity contribution in [3.63, 3.8) is 0 Å². The third-order valence-electron chi connectivity index (χ3n) is 2.59. The zero-order valence-corrected chi connectivity index (χ0v) is 11.2. The molecule has 2 rings (SSSR count). The first kappa shape index (κ1) is 12.3. The predicted octanol–water partition coefficient (Wildman–Crippen LogP) is 2.63. The molecule has 0 spiro atoms. The van der Waals surface area contributed by atoms with E-state index in [1.807, 2.05) is 26.4 Å². The van der Waals surface area contributed by atoms with Gasteiger partial charge in [-0.3, -0.25) is 4.68 Å². The summed E-state index contributed by atoms with van der Waals surface area (Å²) in [5.74, 6) is -0.251. The van der Waals surface area contributed by atoms with Crippen molar-refractivity contribution < 1.29 is 4.39 Å². The Hall–Kier alpha value is -1.20. The van der Waals surface area contributed by atoms with Crippen molar-refractivity contribution in [1.29, 1.82) is 0 Å². The van der Waals surface area contributed by atoms with Crippen LogP contribution < -0.4 is 5.32 Å². The Morgan fingerprint density at radius 2 is 2.18 bits per heavy atom. The van der Waals surface area contributed by atoms with Crippen LogP contribution in [-0.2, 0) is 7.05 Å². The molecule has 0 aliphatic carbocycles. The average Bonchev–Trinajstić information content (AvgIpc) is 2.71. The minimum Gasteiger partial charge on any atom is -0.308 e. The van der Waals surface area contributed by atoms with Crippen LogP contribution >= 0.6 is 15.9 Å². The van der Waals surface area contributed by atoms with Crippen molar-refractivity contribution in [3.05, 3.63) is 52.0 Å². The van der Waals surface area contributed by atoms with Crippen molar-refractivity contribution >= 4 is 15.9 Å². The summed E-state index contributed by atoms with van der Waals surface area (Å²) in [6.45, 7) is 0. The number of halogens is 2. The third kappa shape index (κ3) is 2.56. The molecule has 0 radical (unpaired) electrons. The van der Waals surface area contributed by atoms with Crippen molar-refractivity contribution in [2.24, 2.45) is 7.05 Å². The summed E-state index contributed by atoms with van der Waals surface area (Å²) in [5, 5.41) is 7.48. The summed E-state index contributed by atoms with van der Waals surface area (Å²) >= 11 is 3.43. The van der Waals surface area contributed by atoms with Crippen molar-refractivity contribution in [2.75, 3.05) is 7.05 Å². The van der Waals surface area contributed by atoms with E-state index in [1.54, 1.807) is 10.7 Å². The van der Waals surface area contributed by atoms with Gasteiger partial charge in [0.05, 0.1) is 11.7 Å². The number of hydrogen-bond acceptors (Lipinski definition) is 2. The van der Waals surface area contributed by atoms with E-state index in [9.17, 15) is 4.39 Å².